The van der Waals surface area contributed by atoms with Gasteiger partial charge in [0.2, 0.25) is 0 Å². The van der Waals surface area contributed by atoms with Crippen molar-refractivity contribution < 1.29 is 14.0 Å². The number of benzene rings is 1. The van der Waals surface area contributed by atoms with Gasteiger partial charge in [0, 0.05) is 12.8 Å². The van der Waals surface area contributed by atoms with E-state index in [4.69, 9.17) is 0 Å². The lowest BCUT2D eigenvalue weighted by Gasteiger charge is -2.19. The Balaban J connectivity index is 2.35. The molecule has 2 rings (SSSR count). The Kier molecular flexibility index (Phi) is 2.62. The summed E-state index contributed by atoms with van der Waals surface area (Å²) >= 11 is 0. The second-order valence-electron chi connectivity index (χ2n) is 3.77. The minimum Gasteiger partial charge on any atom is -0.299 e. The Morgan fingerprint density at radius 3 is 2.40 bits per heavy atom. The van der Waals surface area contributed by atoms with E-state index in [0.717, 1.165) is 0 Å². The monoisotopic (exact) mass is 206 g/mol. The highest BCUT2D eigenvalue weighted by atomic mass is 19.1. The van der Waals surface area contributed by atoms with Gasteiger partial charge in [0.15, 0.2) is 0 Å². The number of carbonyl (C=O) groups excluding carboxylic acids is 2. The highest BCUT2D eigenvalue weighted by Crippen LogP contribution is 2.27. The number of halogens is 1. The quantitative estimate of drug-likeness (QED) is 0.660. The van der Waals surface area contributed by atoms with Gasteiger partial charge in [0.1, 0.15) is 23.3 Å². The van der Waals surface area contributed by atoms with Gasteiger partial charge in [-0.05, 0) is 24.1 Å². The average Bonchev–Trinajstić information content (AvgIpc) is 2.17. The molecule has 0 heterocycles. The Morgan fingerprint density at radius 2 is 1.80 bits per heavy atom. The Morgan fingerprint density at radius 1 is 1.13 bits per heavy atom. The standard InChI is InChI=1S/C12H11FO2/c13-9-4-1-3-8(7-9)12-10(14)5-2-6-11(12)15/h1,3-4,7,12H,2,5-6H2. The third-order valence-corrected chi connectivity index (χ3v) is 2.67. The lowest BCUT2D eigenvalue weighted by atomic mass is 9.82. The molecule has 3 heteroatoms. The van der Waals surface area contributed by atoms with Gasteiger partial charge in [-0.1, -0.05) is 12.1 Å². The molecule has 0 unspecified atom stereocenters. The second kappa shape index (κ2) is 3.93. The van der Waals surface area contributed by atoms with E-state index in [2.05, 4.69) is 0 Å². The molecule has 0 atom stereocenters. The zero-order valence-electron chi connectivity index (χ0n) is 8.20. The van der Waals surface area contributed by atoms with Crippen LogP contribution in [0.3, 0.4) is 0 Å². The summed E-state index contributed by atoms with van der Waals surface area (Å²) in [4.78, 5) is 23.1. The highest BCUT2D eigenvalue weighted by Gasteiger charge is 2.31. The van der Waals surface area contributed by atoms with Crippen LogP contribution >= 0.6 is 0 Å². The van der Waals surface area contributed by atoms with Crippen molar-refractivity contribution in [2.75, 3.05) is 0 Å². The molecule has 1 aromatic rings. The summed E-state index contributed by atoms with van der Waals surface area (Å²) in [6.45, 7) is 0. The fourth-order valence-electron chi connectivity index (χ4n) is 1.96. The summed E-state index contributed by atoms with van der Waals surface area (Å²) in [6, 6.07) is 5.74. The molecule has 78 valence electrons. The maximum atomic E-state index is 13.0. The zero-order chi connectivity index (χ0) is 10.8. The Hall–Kier alpha value is -1.51. The van der Waals surface area contributed by atoms with Gasteiger partial charge in [-0.3, -0.25) is 9.59 Å². The van der Waals surface area contributed by atoms with E-state index >= 15 is 0 Å². The zero-order valence-corrected chi connectivity index (χ0v) is 8.20. The molecule has 0 amide bonds. The van der Waals surface area contributed by atoms with E-state index in [1.807, 2.05) is 0 Å². The van der Waals surface area contributed by atoms with Crippen LogP contribution in [0.2, 0.25) is 0 Å². The maximum absolute atomic E-state index is 13.0. The van der Waals surface area contributed by atoms with E-state index in [9.17, 15) is 14.0 Å². The molecule has 1 aliphatic carbocycles. The van der Waals surface area contributed by atoms with Crippen molar-refractivity contribution in [3.05, 3.63) is 35.6 Å². The summed E-state index contributed by atoms with van der Waals surface area (Å²) in [6.07, 6.45) is 1.48. The SMILES string of the molecule is O=C1CCCC(=O)C1c1cccc(F)c1. The van der Waals surface area contributed by atoms with Crippen LogP contribution in [0.4, 0.5) is 4.39 Å². The van der Waals surface area contributed by atoms with Crippen LogP contribution in [-0.4, -0.2) is 11.6 Å². The van der Waals surface area contributed by atoms with Gasteiger partial charge in [-0.15, -0.1) is 0 Å². The number of hydrogen-bond donors (Lipinski definition) is 0. The first-order valence-electron chi connectivity index (χ1n) is 4.99. The van der Waals surface area contributed by atoms with Crippen molar-refractivity contribution in [1.82, 2.24) is 0 Å². The summed E-state index contributed by atoms with van der Waals surface area (Å²) in [5, 5.41) is 0. The van der Waals surface area contributed by atoms with Crippen molar-refractivity contribution in [3.8, 4) is 0 Å². The number of ketones is 2. The van der Waals surface area contributed by atoms with Crippen molar-refractivity contribution in [1.29, 1.82) is 0 Å². The molecule has 0 radical (unpaired) electrons. The average molecular weight is 206 g/mol. The molecule has 0 saturated heterocycles. The molecule has 0 aliphatic heterocycles. The summed E-state index contributed by atoms with van der Waals surface area (Å²) < 4.78 is 13.0. The normalized spacial score (nSPS) is 18.2. The minimum atomic E-state index is -0.727. The van der Waals surface area contributed by atoms with Crippen LogP contribution in [0.25, 0.3) is 0 Å². The molecule has 0 spiro atoms. The number of rotatable bonds is 1. The minimum absolute atomic E-state index is 0.0862. The first-order chi connectivity index (χ1) is 7.18. The molecule has 0 aromatic heterocycles. The molecule has 1 saturated carbocycles. The lowest BCUT2D eigenvalue weighted by molar-refractivity contribution is -0.131. The van der Waals surface area contributed by atoms with Crippen LogP contribution in [0.15, 0.2) is 24.3 Å². The molecular formula is C12H11FO2. The molecular weight excluding hydrogens is 195 g/mol. The third kappa shape index (κ3) is 1.96. The van der Waals surface area contributed by atoms with Crippen LogP contribution in [-0.2, 0) is 9.59 Å². The van der Waals surface area contributed by atoms with Crippen LogP contribution < -0.4 is 0 Å². The summed E-state index contributed by atoms with van der Waals surface area (Å²) in [5.41, 5.74) is 0.490. The topological polar surface area (TPSA) is 34.1 Å². The third-order valence-electron chi connectivity index (χ3n) is 2.67. The van der Waals surface area contributed by atoms with E-state index < -0.39 is 11.7 Å². The number of hydrogen-bond acceptors (Lipinski definition) is 2. The van der Waals surface area contributed by atoms with Crippen LogP contribution in [0.5, 0.6) is 0 Å². The molecule has 1 aliphatic rings. The molecule has 1 fully saturated rings. The van der Waals surface area contributed by atoms with Gasteiger partial charge in [0.25, 0.3) is 0 Å². The summed E-state index contributed by atoms with van der Waals surface area (Å²) in [7, 11) is 0. The predicted octanol–water partition coefficient (Wildman–Crippen LogP) is 2.23. The van der Waals surface area contributed by atoms with Crippen molar-refractivity contribution >= 4 is 11.6 Å². The molecule has 15 heavy (non-hydrogen) atoms. The number of Topliss-reactive ketones (excluding diaryl/α,β-unsaturated/α-hetero) is 2. The first-order valence-corrected chi connectivity index (χ1v) is 4.99. The van der Waals surface area contributed by atoms with Crippen LogP contribution in [0, 0.1) is 5.82 Å². The Bertz CT molecular complexity index is 396. The van der Waals surface area contributed by atoms with Crippen molar-refractivity contribution in [2.24, 2.45) is 0 Å². The molecule has 1 aromatic carbocycles. The Labute approximate surface area is 87.1 Å². The van der Waals surface area contributed by atoms with E-state index in [1.165, 1.54) is 18.2 Å². The molecule has 0 N–H and O–H groups in total. The van der Waals surface area contributed by atoms with Gasteiger partial charge in [0.05, 0.1) is 0 Å². The van der Waals surface area contributed by atoms with Crippen LogP contribution in [0.1, 0.15) is 30.7 Å². The fraction of sp³-hybridized carbons (Fsp3) is 0.333. The predicted molar refractivity (Wildman–Crippen MR) is 53.0 cm³/mol. The smallest absolute Gasteiger partial charge is 0.147 e. The van der Waals surface area contributed by atoms with Gasteiger partial charge < -0.3 is 0 Å². The largest absolute Gasteiger partial charge is 0.299 e. The van der Waals surface area contributed by atoms with Crippen molar-refractivity contribution in [3.63, 3.8) is 0 Å². The molecule has 0 bridgehead atoms. The molecule has 2 nitrogen and oxygen atoms in total. The van der Waals surface area contributed by atoms with Gasteiger partial charge >= 0.3 is 0 Å². The van der Waals surface area contributed by atoms with E-state index in [-0.39, 0.29) is 11.6 Å². The highest BCUT2D eigenvalue weighted by molar-refractivity contribution is 6.09. The summed E-state index contributed by atoms with van der Waals surface area (Å²) in [5.74, 6) is -1.30. The first kappa shape index (κ1) is 10.0. The van der Waals surface area contributed by atoms with Gasteiger partial charge in [-0.25, -0.2) is 4.39 Å². The van der Waals surface area contributed by atoms with Crippen molar-refractivity contribution in [2.45, 2.75) is 25.2 Å². The second-order valence-corrected chi connectivity index (χ2v) is 3.77. The number of carbonyl (C=O) groups is 2. The van der Waals surface area contributed by atoms with Gasteiger partial charge in [-0.2, -0.15) is 0 Å². The lowest BCUT2D eigenvalue weighted by Crippen LogP contribution is -2.26. The fourth-order valence-corrected chi connectivity index (χ4v) is 1.96. The van der Waals surface area contributed by atoms with E-state index in [1.54, 1.807) is 6.07 Å². The maximum Gasteiger partial charge on any atom is 0.147 e. The van der Waals surface area contributed by atoms with E-state index in [0.29, 0.717) is 24.8 Å².